The molecule has 0 radical (unpaired) electrons. The van der Waals surface area contributed by atoms with Gasteiger partial charge in [0.2, 0.25) is 0 Å². The zero-order chi connectivity index (χ0) is 12.6. The molecule has 98 valence electrons. The van der Waals surface area contributed by atoms with Gasteiger partial charge in [0.05, 0.1) is 12.4 Å². The molecule has 1 aliphatic rings. The van der Waals surface area contributed by atoms with E-state index in [-0.39, 0.29) is 5.91 Å². The lowest BCUT2D eigenvalue weighted by Crippen LogP contribution is -2.36. The van der Waals surface area contributed by atoms with Gasteiger partial charge in [0, 0.05) is 6.54 Å². The van der Waals surface area contributed by atoms with Gasteiger partial charge in [-0.1, -0.05) is 30.3 Å². The molecule has 0 atom stereocenters. The number of carbonyl (C=O) groups excluding carboxylic acids is 1. The topological polar surface area (TPSA) is 29.5 Å². The van der Waals surface area contributed by atoms with E-state index >= 15 is 0 Å². The van der Waals surface area contributed by atoms with Crippen LogP contribution in [0.1, 0.15) is 18.4 Å². The Balaban J connectivity index is 1.61. The number of rotatable bonds is 5. The second-order valence-electron chi connectivity index (χ2n) is 4.32. The molecule has 3 nitrogen and oxygen atoms in total. The summed E-state index contributed by atoms with van der Waals surface area (Å²) >= 11 is 1.68. The van der Waals surface area contributed by atoms with Gasteiger partial charge in [0.15, 0.2) is 0 Å². The summed E-state index contributed by atoms with van der Waals surface area (Å²) in [6, 6.07) is 10.4. The number of carbonyl (C=O) groups is 1. The molecule has 18 heavy (non-hydrogen) atoms. The normalized spacial score (nSPS) is 15.7. The highest BCUT2D eigenvalue weighted by Gasteiger charge is 2.16. The molecule has 0 saturated carbocycles. The predicted octanol–water partition coefficient (Wildman–Crippen LogP) is 2.52. The van der Waals surface area contributed by atoms with E-state index in [1.54, 1.807) is 11.8 Å². The molecule has 0 bridgehead atoms. The molecule has 0 spiro atoms. The smallest absolute Gasteiger partial charge is 0.256 e. The largest absolute Gasteiger partial charge is 0.272 e. The Kier molecular flexibility index (Phi) is 5.55. The van der Waals surface area contributed by atoms with Crippen LogP contribution in [0.3, 0.4) is 0 Å². The van der Waals surface area contributed by atoms with E-state index in [0.717, 1.165) is 31.6 Å². The van der Waals surface area contributed by atoms with Crippen LogP contribution in [0.5, 0.6) is 0 Å². The number of amides is 1. The molecule has 1 saturated heterocycles. The molecule has 0 unspecified atom stereocenters. The second-order valence-corrected chi connectivity index (χ2v) is 5.43. The maximum atomic E-state index is 11.8. The Morgan fingerprint density at radius 3 is 2.83 bits per heavy atom. The Morgan fingerprint density at radius 2 is 2.11 bits per heavy atom. The predicted molar refractivity (Wildman–Crippen MR) is 74.4 cm³/mol. The number of aryl methyl sites for hydroxylation is 1. The van der Waals surface area contributed by atoms with Gasteiger partial charge in [0.25, 0.3) is 5.91 Å². The quantitative estimate of drug-likeness (QED) is 0.766. The van der Waals surface area contributed by atoms with E-state index in [1.165, 1.54) is 10.6 Å². The number of hydroxylamine groups is 2. The van der Waals surface area contributed by atoms with Crippen LogP contribution in [0.2, 0.25) is 0 Å². The highest BCUT2D eigenvalue weighted by Crippen LogP contribution is 2.11. The van der Waals surface area contributed by atoms with Crippen molar-refractivity contribution in [1.82, 2.24) is 5.06 Å². The fourth-order valence-electron chi connectivity index (χ4n) is 1.86. The number of thioether (sulfide) groups is 1. The maximum Gasteiger partial charge on any atom is 0.256 e. The van der Waals surface area contributed by atoms with E-state index in [0.29, 0.717) is 12.4 Å². The van der Waals surface area contributed by atoms with Crippen molar-refractivity contribution >= 4 is 17.7 Å². The Labute approximate surface area is 112 Å². The van der Waals surface area contributed by atoms with Gasteiger partial charge in [-0.25, -0.2) is 5.06 Å². The molecule has 1 fully saturated rings. The Hall–Kier alpha value is -1.00. The standard InChI is InChI=1S/C14H19NO2S/c16-14(15-9-4-5-10-17-15)12-18-11-8-13-6-2-1-3-7-13/h1-3,6-7H,4-5,8-12H2. The van der Waals surface area contributed by atoms with Crippen LogP contribution in [-0.2, 0) is 16.1 Å². The number of benzene rings is 1. The summed E-state index contributed by atoms with van der Waals surface area (Å²) in [7, 11) is 0. The highest BCUT2D eigenvalue weighted by atomic mass is 32.2. The van der Waals surface area contributed by atoms with Crippen molar-refractivity contribution in [2.45, 2.75) is 19.3 Å². The van der Waals surface area contributed by atoms with Gasteiger partial charge < -0.3 is 0 Å². The van der Waals surface area contributed by atoms with Crippen molar-refractivity contribution in [3.8, 4) is 0 Å². The van der Waals surface area contributed by atoms with E-state index in [9.17, 15) is 4.79 Å². The van der Waals surface area contributed by atoms with Crippen molar-refractivity contribution in [3.63, 3.8) is 0 Å². The monoisotopic (exact) mass is 265 g/mol. The van der Waals surface area contributed by atoms with Crippen molar-refractivity contribution < 1.29 is 9.63 Å². The molecule has 0 aliphatic carbocycles. The Morgan fingerprint density at radius 1 is 1.28 bits per heavy atom. The van der Waals surface area contributed by atoms with Crippen LogP contribution in [0, 0.1) is 0 Å². The summed E-state index contributed by atoms with van der Waals surface area (Å²) in [5, 5.41) is 1.53. The summed E-state index contributed by atoms with van der Waals surface area (Å²) in [5.41, 5.74) is 1.33. The molecule has 0 aromatic heterocycles. The minimum absolute atomic E-state index is 0.104. The third-order valence-corrected chi connectivity index (χ3v) is 3.83. The lowest BCUT2D eigenvalue weighted by molar-refractivity contribution is -0.194. The molecule has 0 N–H and O–H groups in total. The first-order valence-electron chi connectivity index (χ1n) is 6.41. The average molecular weight is 265 g/mol. The van der Waals surface area contributed by atoms with Crippen molar-refractivity contribution in [3.05, 3.63) is 35.9 Å². The summed E-state index contributed by atoms with van der Waals surface area (Å²) in [6.45, 7) is 1.43. The van der Waals surface area contributed by atoms with E-state index in [1.807, 2.05) is 18.2 Å². The van der Waals surface area contributed by atoms with Gasteiger partial charge in [-0.05, 0) is 30.6 Å². The van der Waals surface area contributed by atoms with Gasteiger partial charge in [-0.2, -0.15) is 11.8 Å². The zero-order valence-corrected chi connectivity index (χ0v) is 11.3. The van der Waals surface area contributed by atoms with Gasteiger partial charge in [0.1, 0.15) is 0 Å². The van der Waals surface area contributed by atoms with Gasteiger partial charge in [-0.3, -0.25) is 9.63 Å². The Bertz CT molecular complexity index is 363. The summed E-state index contributed by atoms with van der Waals surface area (Å²) in [6.07, 6.45) is 3.13. The summed E-state index contributed by atoms with van der Waals surface area (Å²) in [5.74, 6) is 1.60. The lowest BCUT2D eigenvalue weighted by atomic mass is 10.2. The molecule has 4 heteroatoms. The number of nitrogens with zero attached hydrogens (tertiary/aromatic N) is 1. The number of hydrogen-bond donors (Lipinski definition) is 0. The van der Waals surface area contributed by atoms with Crippen LogP contribution in [0.15, 0.2) is 30.3 Å². The van der Waals surface area contributed by atoms with Gasteiger partial charge >= 0.3 is 0 Å². The van der Waals surface area contributed by atoms with E-state index in [2.05, 4.69) is 12.1 Å². The minimum atomic E-state index is 0.104. The van der Waals surface area contributed by atoms with Crippen molar-refractivity contribution in [2.24, 2.45) is 0 Å². The van der Waals surface area contributed by atoms with Crippen LogP contribution in [0.4, 0.5) is 0 Å². The molecule has 1 aromatic rings. The molecule has 1 aliphatic heterocycles. The first kappa shape index (κ1) is 13.4. The lowest BCUT2D eigenvalue weighted by Gasteiger charge is -2.25. The fraction of sp³-hybridized carbons (Fsp3) is 0.500. The molecule has 1 amide bonds. The van der Waals surface area contributed by atoms with Crippen LogP contribution >= 0.6 is 11.8 Å². The van der Waals surface area contributed by atoms with E-state index in [4.69, 9.17) is 4.84 Å². The SMILES string of the molecule is O=C(CSCCc1ccccc1)N1CCCCO1. The molecule has 1 aromatic carbocycles. The average Bonchev–Trinajstić information content (AvgIpc) is 2.45. The number of hydrogen-bond acceptors (Lipinski definition) is 3. The fourth-order valence-corrected chi connectivity index (χ4v) is 2.70. The first-order valence-corrected chi connectivity index (χ1v) is 7.57. The molecule has 1 heterocycles. The highest BCUT2D eigenvalue weighted by molar-refractivity contribution is 7.99. The maximum absolute atomic E-state index is 11.8. The van der Waals surface area contributed by atoms with Gasteiger partial charge in [-0.15, -0.1) is 0 Å². The van der Waals surface area contributed by atoms with Crippen LogP contribution < -0.4 is 0 Å². The third kappa shape index (κ3) is 4.35. The van der Waals surface area contributed by atoms with E-state index < -0.39 is 0 Å². The molecular formula is C14H19NO2S. The third-order valence-electron chi connectivity index (χ3n) is 2.88. The summed E-state index contributed by atoms with van der Waals surface area (Å²) in [4.78, 5) is 17.1. The van der Waals surface area contributed by atoms with Crippen molar-refractivity contribution in [2.75, 3.05) is 24.7 Å². The second kappa shape index (κ2) is 7.44. The van der Waals surface area contributed by atoms with Crippen molar-refractivity contribution in [1.29, 1.82) is 0 Å². The first-order chi connectivity index (χ1) is 8.86. The molecule has 2 rings (SSSR count). The molecular weight excluding hydrogens is 246 g/mol. The van der Waals surface area contributed by atoms with Crippen LogP contribution in [0.25, 0.3) is 0 Å². The summed E-state index contributed by atoms with van der Waals surface area (Å²) < 4.78 is 0. The van der Waals surface area contributed by atoms with Crippen LogP contribution in [-0.4, -0.2) is 35.6 Å². The zero-order valence-electron chi connectivity index (χ0n) is 10.5. The minimum Gasteiger partial charge on any atom is -0.272 e.